The Bertz CT molecular complexity index is 1520. The van der Waals surface area contributed by atoms with Crippen LogP contribution in [0.25, 0.3) is 0 Å². The Morgan fingerprint density at radius 3 is 2.61 bits per heavy atom. The van der Waals surface area contributed by atoms with Gasteiger partial charge in [0, 0.05) is 4.88 Å². The van der Waals surface area contributed by atoms with E-state index in [4.69, 9.17) is 25.8 Å². The normalized spacial score (nSPS) is 14.2. The summed E-state index contributed by atoms with van der Waals surface area (Å²) in [5, 5.41) is 6.93. The number of hydrogen-bond acceptors (Lipinski definition) is 9. The molecule has 10 nitrogen and oxygen atoms in total. The number of methoxy groups -OCH3 is 1. The van der Waals surface area contributed by atoms with Crippen LogP contribution in [0.3, 0.4) is 0 Å². The number of carbonyl (C=O) groups is 4. The fourth-order valence-corrected chi connectivity index (χ4v) is 5.87. The number of rotatable bonds is 8. The van der Waals surface area contributed by atoms with Crippen molar-refractivity contribution in [1.29, 1.82) is 0 Å². The second-order valence-electron chi connectivity index (χ2n) is 9.21. The maximum absolute atomic E-state index is 12.6. The van der Waals surface area contributed by atoms with Crippen LogP contribution in [0, 0.1) is 5.92 Å². The molecule has 12 heteroatoms. The number of anilines is 1. The fourth-order valence-electron chi connectivity index (χ4n) is 4.26. The molecule has 4 rings (SSSR count). The minimum atomic E-state index is -1.02. The summed E-state index contributed by atoms with van der Waals surface area (Å²) in [7, 11) is 1.41. The summed E-state index contributed by atoms with van der Waals surface area (Å²) in [6, 6.07) is 11.1. The standard InChI is InChI=1S/C29H28ClN3O7S/c1-4-39-29(37)24-19-11-9-16(2)13-23(19)41-27(24)32-25(34)26(35)33-31-15-17-10-12-21(22(14-17)38-3)40-28(36)18-7-5-6-8-20(18)30/h5-8,10,12,14-16H,4,9,11,13H2,1-3H3,(H,32,34)(H,33,35)/b31-15-/t16-/m0/s1. The predicted molar refractivity (Wildman–Crippen MR) is 155 cm³/mol. The van der Waals surface area contributed by atoms with Crippen molar-refractivity contribution in [2.24, 2.45) is 11.0 Å². The van der Waals surface area contributed by atoms with Crippen molar-refractivity contribution >= 4 is 57.9 Å². The van der Waals surface area contributed by atoms with Gasteiger partial charge in [-0.3, -0.25) is 9.59 Å². The molecule has 2 amide bonds. The van der Waals surface area contributed by atoms with Crippen molar-refractivity contribution in [3.63, 3.8) is 0 Å². The van der Waals surface area contributed by atoms with Crippen LogP contribution in [-0.4, -0.2) is 43.7 Å². The number of halogens is 1. The zero-order valence-corrected chi connectivity index (χ0v) is 24.2. The summed E-state index contributed by atoms with van der Waals surface area (Å²) in [6.45, 7) is 4.03. The Kier molecular flexibility index (Phi) is 9.74. The second-order valence-corrected chi connectivity index (χ2v) is 10.7. The summed E-state index contributed by atoms with van der Waals surface area (Å²) >= 11 is 7.35. The van der Waals surface area contributed by atoms with E-state index in [1.54, 1.807) is 37.3 Å². The van der Waals surface area contributed by atoms with Gasteiger partial charge in [0.05, 0.1) is 36.1 Å². The third kappa shape index (κ3) is 7.11. The number of nitrogens with one attached hydrogen (secondary N) is 2. The fraction of sp³-hybridized carbons (Fsp3) is 0.276. The molecule has 2 N–H and O–H groups in total. The van der Waals surface area contributed by atoms with Crippen molar-refractivity contribution in [2.45, 2.75) is 33.1 Å². The second kappa shape index (κ2) is 13.4. The van der Waals surface area contributed by atoms with Gasteiger partial charge >= 0.3 is 23.8 Å². The molecule has 214 valence electrons. The van der Waals surface area contributed by atoms with Gasteiger partial charge in [-0.25, -0.2) is 15.0 Å². The van der Waals surface area contributed by atoms with Gasteiger partial charge in [0.1, 0.15) is 5.00 Å². The maximum Gasteiger partial charge on any atom is 0.345 e. The van der Waals surface area contributed by atoms with Crippen LogP contribution in [-0.2, 0) is 27.2 Å². The quantitative estimate of drug-likeness (QED) is 0.122. The van der Waals surface area contributed by atoms with E-state index >= 15 is 0 Å². The molecule has 1 aliphatic rings. The van der Waals surface area contributed by atoms with Gasteiger partial charge in [-0.1, -0.05) is 30.7 Å². The van der Waals surface area contributed by atoms with Gasteiger partial charge in [-0.05, 0) is 73.6 Å². The molecule has 0 radical (unpaired) electrons. The summed E-state index contributed by atoms with van der Waals surface area (Å²) in [6.07, 6.45) is 3.71. The highest BCUT2D eigenvalue weighted by molar-refractivity contribution is 7.17. The van der Waals surface area contributed by atoms with E-state index in [1.807, 2.05) is 0 Å². The average Bonchev–Trinajstić information content (AvgIpc) is 3.30. The van der Waals surface area contributed by atoms with Crippen LogP contribution in [0.15, 0.2) is 47.6 Å². The number of nitrogens with zero attached hydrogens (tertiary/aromatic N) is 1. The number of hydrazone groups is 1. The lowest BCUT2D eigenvalue weighted by molar-refractivity contribution is -0.136. The lowest BCUT2D eigenvalue weighted by atomic mass is 9.88. The van der Waals surface area contributed by atoms with E-state index in [9.17, 15) is 19.2 Å². The van der Waals surface area contributed by atoms with Crippen LogP contribution < -0.4 is 20.2 Å². The molecule has 1 aromatic heterocycles. The lowest BCUT2D eigenvalue weighted by Gasteiger charge is -2.18. The molecule has 0 spiro atoms. The van der Waals surface area contributed by atoms with Crippen molar-refractivity contribution < 1.29 is 33.4 Å². The third-order valence-corrected chi connectivity index (χ3v) is 7.79. The average molecular weight is 598 g/mol. The first-order valence-corrected chi connectivity index (χ1v) is 14.0. The summed E-state index contributed by atoms with van der Waals surface area (Å²) in [5.41, 5.74) is 4.05. The van der Waals surface area contributed by atoms with Crippen LogP contribution in [0.1, 0.15) is 57.0 Å². The Morgan fingerprint density at radius 1 is 1.10 bits per heavy atom. The van der Waals surface area contributed by atoms with Crippen molar-refractivity contribution in [3.05, 3.63) is 74.6 Å². The van der Waals surface area contributed by atoms with Gasteiger partial charge < -0.3 is 19.5 Å². The summed E-state index contributed by atoms with van der Waals surface area (Å²) in [4.78, 5) is 51.2. The molecule has 0 saturated carbocycles. The monoisotopic (exact) mass is 597 g/mol. The first kappa shape index (κ1) is 29.8. The number of fused-ring (bicyclic) bond motifs is 1. The number of hydrogen-bond donors (Lipinski definition) is 2. The molecular weight excluding hydrogens is 570 g/mol. The molecule has 1 aliphatic carbocycles. The molecule has 0 aliphatic heterocycles. The van der Waals surface area contributed by atoms with E-state index in [-0.39, 0.29) is 28.7 Å². The molecule has 0 fully saturated rings. The number of carbonyl (C=O) groups excluding carboxylic acids is 4. The van der Waals surface area contributed by atoms with E-state index in [1.165, 1.54) is 36.8 Å². The first-order chi connectivity index (χ1) is 19.7. The van der Waals surface area contributed by atoms with Gasteiger partial charge in [0.2, 0.25) is 0 Å². The number of amides is 2. The largest absolute Gasteiger partial charge is 0.493 e. The lowest BCUT2D eigenvalue weighted by Crippen LogP contribution is -2.32. The number of esters is 2. The predicted octanol–water partition coefficient (Wildman–Crippen LogP) is 5.02. The Labute approximate surface area is 245 Å². The molecule has 0 unspecified atom stereocenters. The minimum absolute atomic E-state index is 0.156. The van der Waals surface area contributed by atoms with Crippen molar-refractivity contribution in [3.8, 4) is 11.5 Å². The number of benzene rings is 2. The van der Waals surface area contributed by atoms with Gasteiger partial charge in [0.25, 0.3) is 0 Å². The molecule has 2 aromatic carbocycles. The molecule has 0 saturated heterocycles. The Hall–Kier alpha value is -4.22. The zero-order valence-electron chi connectivity index (χ0n) is 22.6. The Morgan fingerprint density at radius 2 is 1.88 bits per heavy atom. The highest BCUT2D eigenvalue weighted by Crippen LogP contribution is 2.40. The molecule has 1 heterocycles. The number of thiophene rings is 1. The smallest absolute Gasteiger partial charge is 0.345 e. The maximum atomic E-state index is 12.6. The van der Waals surface area contributed by atoms with Crippen LogP contribution in [0.2, 0.25) is 5.02 Å². The highest BCUT2D eigenvalue weighted by atomic mass is 35.5. The molecule has 1 atom stereocenters. The van der Waals surface area contributed by atoms with Crippen LogP contribution in [0.5, 0.6) is 11.5 Å². The molecule has 0 bridgehead atoms. The zero-order chi connectivity index (χ0) is 29.5. The van der Waals surface area contributed by atoms with Crippen molar-refractivity contribution in [1.82, 2.24) is 5.43 Å². The highest BCUT2D eigenvalue weighted by Gasteiger charge is 2.30. The first-order valence-electron chi connectivity index (χ1n) is 12.8. The molecule has 41 heavy (non-hydrogen) atoms. The topological polar surface area (TPSA) is 132 Å². The van der Waals surface area contributed by atoms with Crippen LogP contribution in [0.4, 0.5) is 5.00 Å². The molecular formula is C29H28ClN3O7S. The van der Waals surface area contributed by atoms with Gasteiger partial charge in [-0.2, -0.15) is 5.10 Å². The number of ether oxygens (including phenoxy) is 3. The van der Waals surface area contributed by atoms with Crippen molar-refractivity contribution in [2.75, 3.05) is 19.0 Å². The van der Waals surface area contributed by atoms with Gasteiger partial charge in [-0.15, -0.1) is 11.3 Å². The van der Waals surface area contributed by atoms with E-state index in [0.29, 0.717) is 28.5 Å². The SMILES string of the molecule is CCOC(=O)c1c(NC(=O)C(=O)N/N=C\c2ccc(OC(=O)c3ccccc3Cl)c(OC)c2)sc2c1CC[C@H](C)C2. The summed E-state index contributed by atoms with van der Waals surface area (Å²) < 4.78 is 15.9. The summed E-state index contributed by atoms with van der Waals surface area (Å²) in [5.74, 6) is -2.32. The van der Waals surface area contributed by atoms with Crippen LogP contribution >= 0.6 is 22.9 Å². The Balaban J connectivity index is 1.41. The molecule has 3 aromatic rings. The van der Waals surface area contributed by atoms with Gasteiger partial charge in [0.15, 0.2) is 11.5 Å². The van der Waals surface area contributed by atoms with E-state index in [2.05, 4.69) is 22.8 Å². The third-order valence-electron chi connectivity index (χ3n) is 6.29. The van der Waals surface area contributed by atoms with E-state index < -0.39 is 23.8 Å². The minimum Gasteiger partial charge on any atom is -0.493 e. The van der Waals surface area contributed by atoms with E-state index in [0.717, 1.165) is 23.3 Å².